The Kier molecular flexibility index (Phi) is 5.27. The Morgan fingerprint density at radius 1 is 1.27 bits per heavy atom. The maximum atomic E-state index is 12.0. The Balaban J connectivity index is 1.87. The molecule has 1 aromatic carbocycles. The molecule has 0 atom stereocenters. The summed E-state index contributed by atoms with van der Waals surface area (Å²) in [7, 11) is 0. The number of nitrogens with one attached hydrogen (secondary N) is 2. The number of nitrogens with zero attached hydrogens (tertiary/aromatic N) is 1. The highest BCUT2D eigenvalue weighted by molar-refractivity contribution is 7.13. The summed E-state index contributed by atoms with van der Waals surface area (Å²) in [4.78, 5) is 28.2. The van der Waals surface area contributed by atoms with E-state index < -0.39 is 0 Å². The first kappa shape index (κ1) is 16.2. The van der Waals surface area contributed by atoms with Crippen LogP contribution in [0, 0.1) is 6.92 Å². The molecule has 22 heavy (non-hydrogen) atoms. The third-order valence-electron chi connectivity index (χ3n) is 3.16. The van der Waals surface area contributed by atoms with Gasteiger partial charge in [-0.15, -0.1) is 11.3 Å². The number of anilines is 1. The molecule has 6 heteroatoms. The highest BCUT2D eigenvalue weighted by atomic mass is 32.1. The molecule has 116 valence electrons. The summed E-state index contributed by atoms with van der Waals surface area (Å²) in [6.07, 6.45) is 0. The zero-order valence-corrected chi connectivity index (χ0v) is 13.7. The second-order valence-electron chi connectivity index (χ2n) is 5.28. The first-order valence-electron chi connectivity index (χ1n) is 7.06. The van der Waals surface area contributed by atoms with E-state index in [0.717, 1.165) is 11.3 Å². The van der Waals surface area contributed by atoms with Gasteiger partial charge >= 0.3 is 0 Å². The predicted octanol–water partition coefficient (Wildman–Crippen LogP) is 2.94. The number of carbonyl (C=O) groups is 2. The summed E-state index contributed by atoms with van der Waals surface area (Å²) < 4.78 is 0. The van der Waals surface area contributed by atoms with Crippen LogP contribution in [0.5, 0.6) is 0 Å². The molecule has 2 N–H and O–H groups in total. The van der Waals surface area contributed by atoms with E-state index >= 15 is 0 Å². The molecule has 0 fully saturated rings. The van der Waals surface area contributed by atoms with E-state index in [9.17, 15) is 9.59 Å². The normalized spacial score (nSPS) is 10.5. The Hall–Kier alpha value is -2.21. The fraction of sp³-hybridized carbons (Fsp3) is 0.312. The third-order valence-corrected chi connectivity index (χ3v) is 3.93. The first-order valence-corrected chi connectivity index (χ1v) is 7.94. The molecule has 1 aromatic heterocycles. The minimum Gasteiger partial charge on any atom is -0.343 e. The maximum absolute atomic E-state index is 12.0. The van der Waals surface area contributed by atoms with Crippen LogP contribution in [0.4, 0.5) is 5.13 Å². The molecule has 0 spiro atoms. The van der Waals surface area contributed by atoms with Crippen molar-refractivity contribution < 1.29 is 9.59 Å². The zero-order valence-electron chi connectivity index (χ0n) is 12.8. The van der Waals surface area contributed by atoms with Gasteiger partial charge in [0.2, 0.25) is 5.91 Å². The van der Waals surface area contributed by atoms with Gasteiger partial charge in [-0.1, -0.05) is 32.0 Å². The number of thiazole rings is 1. The van der Waals surface area contributed by atoms with Crippen LogP contribution in [-0.2, 0) is 4.79 Å². The van der Waals surface area contributed by atoms with E-state index in [1.807, 2.05) is 38.3 Å². The number of amides is 2. The highest BCUT2D eigenvalue weighted by Crippen LogP contribution is 2.21. The summed E-state index contributed by atoms with van der Waals surface area (Å²) >= 11 is 1.38. The van der Waals surface area contributed by atoms with Gasteiger partial charge in [-0.2, -0.15) is 0 Å². The van der Waals surface area contributed by atoms with Crippen LogP contribution in [0.1, 0.15) is 41.4 Å². The summed E-state index contributed by atoms with van der Waals surface area (Å²) in [6, 6.07) is 7.26. The molecule has 2 rings (SSSR count). The molecule has 1 heterocycles. The molecular formula is C16H19N3O2S. The van der Waals surface area contributed by atoms with E-state index in [1.165, 1.54) is 11.3 Å². The largest absolute Gasteiger partial charge is 0.343 e. The molecule has 0 unspecified atom stereocenters. The average molecular weight is 317 g/mol. The van der Waals surface area contributed by atoms with Crippen molar-refractivity contribution in [3.8, 4) is 0 Å². The fourth-order valence-electron chi connectivity index (χ4n) is 1.86. The van der Waals surface area contributed by atoms with Crippen LogP contribution >= 0.6 is 11.3 Å². The molecule has 0 aliphatic carbocycles. The molecule has 0 saturated carbocycles. The summed E-state index contributed by atoms with van der Waals surface area (Å²) in [5.41, 5.74) is 2.40. The van der Waals surface area contributed by atoms with Crippen molar-refractivity contribution in [2.75, 3.05) is 11.9 Å². The second-order valence-corrected chi connectivity index (χ2v) is 6.14. The van der Waals surface area contributed by atoms with Crippen molar-refractivity contribution >= 4 is 28.3 Å². The predicted molar refractivity (Wildman–Crippen MR) is 88.3 cm³/mol. The van der Waals surface area contributed by atoms with Gasteiger partial charge < -0.3 is 10.6 Å². The highest BCUT2D eigenvalue weighted by Gasteiger charge is 2.12. The molecule has 0 aliphatic rings. The van der Waals surface area contributed by atoms with Crippen LogP contribution in [0.25, 0.3) is 0 Å². The van der Waals surface area contributed by atoms with Gasteiger partial charge in [-0.25, -0.2) is 4.98 Å². The summed E-state index contributed by atoms with van der Waals surface area (Å²) in [5, 5.41) is 7.78. The number of carbonyl (C=O) groups excluding carboxylic acids is 2. The summed E-state index contributed by atoms with van der Waals surface area (Å²) in [5.74, 6) is -0.218. The van der Waals surface area contributed by atoms with Crippen LogP contribution in [0.3, 0.4) is 0 Å². The molecule has 0 radical (unpaired) electrons. The van der Waals surface area contributed by atoms with Gasteiger partial charge in [-0.3, -0.25) is 9.59 Å². The second kappa shape index (κ2) is 7.17. The number of hydrogen-bond donors (Lipinski definition) is 2. The average Bonchev–Trinajstić information content (AvgIpc) is 2.94. The lowest BCUT2D eigenvalue weighted by Gasteiger charge is -2.07. The van der Waals surface area contributed by atoms with Crippen molar-refractivity contribution in [3.63, 3.8) is 0 Å². The topological polar surface area (TPSA) is 71.1 Å². The number of rotatable bonds is 5. The standard InChI is InChI=1S/C16H19N3O2S/c1-10(2)13-9-22-16(18-13)19-14(20)8-17-15(21)12-7-5-4-6-11(12)3/h4-7,9-10H,8H2,1-3H3,(H,17,21)(H,18,19,20). The van der Waals surface area contributed by atoms with Crippen LogP contribution < -0.4 is 10.6 Å². The number of benzene rings is 1. The number of hydrogen-bond acceptors (Lipinski definition) is 4. The monoisotopic (exact) mass is 317 g/mol. The van der Waals surface area contributed by atoms with Crippen molar-refractivity contribution in [2.45, 2.75) is 26.7 Å². The zero-order chi connectivity index (χ0) is 16.1. The van der Waals surface area contributed by atoms with Crippen molar-refractivity contribution in [1.82, 2.24) is 10.3 Å². The van der Waals surface area contributed by atoms with E-state index in [-0.39, 0.29) is 18.4 Å². The minimum atomic E-state index is -0.286. The smallest absolute Gasteiger partial charge is 0.251 e. The van der Waals surface area contributed by atoms with Gasteiger partial charge in [-0.05, 0) is 24.5 Å². The SMILES string of the molecule is Cc1ccccc1C(=O)NCC(=O)Nc1nc(C(C)C)cs1. The van der Waals surface area contributed by atoms with Crippen molar-refractivity contribution in [2.24, 2.45) is 0 Å². The Morgan fingerprint density at radius 3 is 2.64 bits per heavy atom. The van der Waals surface area contributed by atoms with Crippen LogP contribution in [-0.4, -0.2) is 23.3 Å². The minimum absolute atomic E-state index is 0.0796. The number of aromatic nitrogens is 1. The molecule has 2 amide bonds. The first-order chi connectivity index (χ1) is 10.5. The third kappa shape index (κ3) is 4.14. The van der Waals surface area contributed by atoms with E-state index in [4.69, 9.17) is 0 Å². The van der Waals surface area contributed by atoms with Crippen LogP contribution in [0.2, 0.25) is 0 Å². The molecule has 0 bridgehead atoms. The lowest BCUT2D eigenvalue weighted by molar-refractivity contribution is -0.115. The van der Waals surface area contributed by atoms with Gasteiger partial charge in [0.15, 0.2) is 5.13 Å². The summed E-state index contributed by atoms with van der Waals surface area (Å²) in [6.45, 7) is 5.87. The molecule has 0 saturated heterocycles. The Bertz CT molecular complexity index is 680. The van der Waals surface area contributed by atoms with Crippen molar-refractivity contribution in [1.29, 1.82) is 0 Å². The fourth-order valence-corrected chi connectivity index (χ4v) is 2.74. The molecule has 0 aliphatic heterocycles. The lowest BCUT2D eigenvalue weighted by Crippen LogP contribution is -2.33. The lowest BCUT2D eigenvalue weighted by atomic mass is 10.1. The van der Waals surface area contributed by atoms with Gasteiger partial charge in [0.25, 0.3) is 5.91 Å². The molecular weight excluding hydrogens is 298 g/mol. The molecule has 5 nitrogen and oxygen atoms in total. The molecule has 2 aromatic rings. The Labute approximate surface area is 133 Å². The van der Waals surface area contributed by atoms with E-state index in [1.54, 1.807) is 12.1 Å². The van der Waals surface area contributed by atoms with Crippen molar-refractivity contribution in [3.05, 3.63) is 46.5 Å². The van der Waals surface area contributed by atoms with Gasteiger partial charge in [0.05, 0.1) is 12.2 Å². The van der Waals surface area contributed by atoms with E-state index in [0.29, 0.717) is 16.6 Å². The van der Waals surface area contributed by atoms with Gasteiger partial charge in [0.1, 0.15) is 0 Å². The van der Waals surface area contributed by atoms with E-state index in [2.05, 4.69) is 15.6 Å². The van der Waals surface area contributed by atoms with Crippen LogP contribution in [0.15, 0.2) is 29.6 Å². The maximum Gasteiger partial charge on any atom is 0.251 e. The Morgan fingerprint density at radius 2 is 2.00 bits per heavy atom. The quantitative estimate of drug-likeness (QED) is 0.890. The van der Waals surface area contributed by atoms with Gasteiger partial charge in [0, 0.05) is 10.9 Å². The number of aryl methyl sites for hydroxylation is 1.